The molecule has 0 aromatic heterocycles. The summed E-state index contributed by atoms with van der Waals surface area (Å²) in [7, 11) is 1.65. The van der Waals surface area contributed by atoms with Crippen molar-refractivity contribution in [3.8, 4) is 5.75 Å². The van der Waals surface area contributed by atoms with Gasteiger partial charge in [-0.15, -0.1) is 0 Å². The highest BCUT2D eigenvalue weighted by molar-refractivity contribution is 5.96. The fraction of sp³-hybridized carbons (Fsp3) is 0.278. The summed E-state index contributed by atoms with van der Waals surface area (Å²) in [6.45, 7) is 2.10. The van der Waals surface area contributed by atoms with Crippen LogP contribution in [0.3, 0.4) is 0 Å². The number of carbonyl (C=O) groups is 1. The third-order valence-electron chi connectivity index (χ3n) is 3.46. The zero-order chi connectivity index (χ0) is 14.4. The Balaban J connectivity index is 1.97. The highest BCUT2D eigenvalue weighted by atomic mass is 16.5. The summed E-state index contributed by atoms with van der Waals surface area (Å²) in [6.07, 6.45) is 2.26. The van der Waals surface area contributed by atoms with Crippen molar-refractivity contribution in [2.45, 2.75) is 26.2 Å². The summed E-state index contributed by atoms with van der Waals surface area (Å²) in [5.74, 6) is 1.05. The van der Waals surface area contributed by atoms with Crippen LogP contribution in [0.15, 0.2) is 48.5 Å². The largest absolute Gasteiger partial charge is 0.497 e. The third-order valence-corrected chi connectivity index (χ3v) is 3.46. The molecule has 0 saturated carbocycles. The second-order valence-electron chi connectivity index (χ2n) is 4.83. The van der Waals surface area contributed by atoms with Gasteiger partial charge < -0.3 is 4.74 Å². The molecule has 0 atom stereocenters. The number of ether oxygens (including phenoxy) is 1. The molecule has 0 saturated heterocycles. The number of hydrogen-bond donors (Lipinski definition) is 0. The third kappa shape index (κ3) is 3.70. The van der Waals surface area contributed by atoms with E-state index in [1.165, 1.54) is 5.56 Å². The quantitative estimate of drug-likeness (QED) is 0.738. The molecule has 2 aromatic rings. The molecule has 0 aliphatic heterocycles. The van der Waals surface area contributed by atoms with Gasteiger partial charge in [-0.05, 0) is 42.2 Å². The SMILES string of the molecule is CCc1cccc(C(=O)CCc2ccc(OC)cc2)c1. The molecule has 2 nitrogen and oxygen atoms in total. The lowest BCUT2D eigenvalue weighted by Gasteiger charge is -2.05. The number of benzene rings is 2. The van der Waals surface area contributed by atoms with E-state index in [4.69, 9.17) is 4.74 Å². The van der Waals surface area contributed by atoms with Crippen LogP contribution in [0.1, 0.15) is 34.8 Å². The molecule has 0 aliphatic rings. The van der Waals surface area contributed by atoms with Crippen LogP contribution >= 0.6 is 0 Å². The zero-order valence-electron chi connectivity index (χ0n) is 12.1. The molecule has 0 N–H and O–H groups in total. The molecular formula is C18H20O2. The van der Waals surface area contributed by atoms with Gasteiger partial charge in [0.2, 0.25) is 0 Å². The van der Waals surface area contributed by atoms with Crippen LogP contribution in [0.5, 0.6) is 5.75 Å². The summed E-state index contributed by atoms with van der Waals surface area (Å²) in [5, 5.41) is 0. The standard InChI is InChI=1S/C18H20O2/c1-3-14-5-4-6-16(13-14)18(19)12-9-15-7-10-17(20-2)11-8-15/h4-8,10-11,13H,3,9,12H2,1-2H3. The number of carbonyl (C=O) groups excluding carboxylic acids is 1. The average Bonchev–Trinajstić information content (AvgIpc) is 2.53. The van der Waals surface area contributed by atoms with E-state index in [0.29, 0.717) is 6.42 Å². The Hall–Kier alpha value is -2.09. The fourth-order valence-corrected chi connectivity index (χ4v) is 2.16. The van der Waals surface area contributed by atoms with E-state index in [9.17, 15) is 4.79 Å². The van der Waals surface area contributed by atoms with Crippen molar-refractivity contribution < 1.29 is 9.53 Å². The molecule has 0 amide bonds. The van der Waals surface area contributed by atoms with Crippen LogP contribution in [0, 0.1) is 0 Å². The van der Waals surface area contributed by atoms with Crippen molar-refractivity contribution in [3.05, 3.63) is 65.2 Å². The summed E-state index contributed by atoms with van der Waals surface area (Å²) < 4.78 is 5.12. The molecular weight excluding hydrogens is 248 g/mol. The minimum absolute atomic E-state index is 0.205. The Morgan fingerprint density at radius 2 is 1.80 bits per heavy atom. The number of hydrogen-bond acceptors (Lipinski definition) is 2. The summed E-state index contributed by atoms with van der Waals surface area (Å²) >= 11 is 0. The Morgan fingerprint density at radius 3 is 2.45 bits per heavy atom. The first kappa shape index (κ1) is 14.3. The van der Waals surface area contributed by atoms with E-state index in [0.717, 1.165) is 29.7 Å². The maximum Gasteiger partial charge on any atom is 0.163 e. The first-order chi connectivity index (χ1) is 9.72. The molecule has 0 bridgehead atoms. The van der Waals surface area contributed by atoms with Crippen molar-refractivity contribution in [2.24, 2.45) is 0 Å². The number of aryl methyl sites for hydroxylation is 2. The predicted molar refractivity (Wildman–Crippen MR) is 81.5 cm³/mol. The Morgan fingerprint density at radius 1 is 1.05 bits per heavy atom. The van der Waals surface area contributed by atoms with Crippen molar-refractivity contribution in [2.75, 3.05) is 7.11 Å². The van der Waals surface area contributed by atoms with Crippen LogP contribution in [-0.2, 0) is 12.8 Å². The van der Waals surface area contributed by atoms with E-state index >= 15 is 0 Å². The second-order valence-corrected chi connectivity index (χ2v) is 4.83. The molecule has 2 heteroatoms. The van der Waals surface area contributed by atoms with Gasteiger partial charge in [-0.3, -0.25) is 4.79 Å². The second kappa shape index (κ2) is 6.90. The Kier molecular flexibility index (Phi) is 4.94. The average molecular weight is 268 g/mol. The topological polar surface area (TPSA) is 26.3 Å². The van der Waals surface area contributed by atoms with Gasteiger partial charge in [-0.1, -0.05) is 37.3 Å². The minimum Gasteiger partial charge on any atom is -0.497 e. The number of ketones is 1. The lowest BCUT2D eigenvalue weighted by molar-refractivity contribution is 0.0982. The number of methoxy groups -OCH3 is 1. The molecule has 104 valence electrons. The smallest absolute Gasteiger partial charge is 0.163 e. The lowest BCUT2D eigenvalue weighted by atomic mass is 10.0. The Bertz CT molecular complexity index is 570. The highest BCUT2D eigenvalue weighted by Gasteiger charge is 2.06. The number of rotatable bonds is 6. The van der Waals surface area contributed by atoms with Crippen molar-refractivity contribution in [3.63, 3.8) is 0 Å². The molecule has 0 fully saturated rings. The summed E-state index contributed by atoms with van der Waals surface area (Å²) in [5.41, 5.74) is 3.18. The van der Waals surface area contributed by atoms with Gasteiger partial charge in [0.15, 0.2) is 5.78 Å². The molecule has 0 radical (unpaired) electrons. The van der Waals surface area contributed by atoms with E-state index in [-0.39, 0.29) is 5.78 Å². The summed E-state index contributed by atoms with van der Waals surface area (Å²) in [4.78, 5) is 12.2. The van der Waals surface area contributed by atoms with Gasteiger partial charge in [0.25, 0.3) is 0 Å². The first-order valence-electron chi connectivity index (χ1n) is 6.98. The van der Waals surface area contributed by atoms with Crippen LogP contribution in [0.2, 0.25) is 0 Å². The van der Waals surface area contributed by atoms with Gasteiger partial charge in [-0.2, -0.15) is 0 Å². The molecule has 0 aliphatic carbocycles. The van der Waals surface area contributed by atoms with Crippen LogP contribution in [-0.4, -0.2) is 12.9 Å². The van der Waals surface area contributed by atoms with E-state index in [1.54, 1.807) is 7.11 Å². The maximum absolute atomic E-state index is 12.2. The first-order valence-corrected chi connectivity index (χ1v) is 6.98. The van der Waals surface area contributed by atoms with Crippen molar-refractivity contribution >= 4 is 5.78 Å². The van der Waals surface area contributed by atoms with Crippen LogP contribution in [0.4, 0.5) is 0 Å². The fourth-order valence-electron chi connectivity index (χ4n) is 2.16. The lowest BCUT2D eigenvalue weighted by Crippen LogP contribution is -2.02. The number of Topliss-reactive ketones (excluding diaryl/α,β-unsaturated/α-hetero) is 1. The monoisotopic (exact) mass is 268 g/mol. The zero-order valence-corrected chi connectivity index (χ0v) is 12.1. The normalized spacial score (nSPS) is 10.3. The molecule has 2 aromatic carbocycles. The Labute approximate surface area is 120 Å². The molecule has 2 rings (SSSR count). The maximum atomic E-state index is 12.2. The van der Waals surface area contributed by atoms with Gasteiger partial charge in [0, 0.05) is 12.0 Å². The van der Waals surface area contributed by atoms with E-state index in [2.05, 4.69) is 13.0 Å². The van der Waals surface area contributed by atoms with Gasteiger partial charge in [-0.25, -0.2) is 0 Å². The van der Waals surface area contributed by atoms with Gasteiger partial charge >= 0.3 is 0 Å². The highest BCUT2D eigenvalue weighted by Crippen LogP contribution is 2.14. The van der Waals surface area contributed by atoms with Gasteiger partial charge in [0.05, 0.1) is 7.11 Å². The predicted octanol–water partition coefficient (Wildman–Crippen LogP) is 4.07. The molecule has 20 heavy (non-hydrogen) atoms. The van der Waals surface area contributed by atoms with Crippen LogP contribution in [0.25, 0.3) is 0 Å². The van der Waals surface area contributed by atoms with Crippen molar-refractivity contribution in [1.82, 2.24) is 0 Å². The molecule has 0 heterocycles. The van der Waals surface area contributed by atoms with Crippen molar-refractivity contribution in [1.29, 1.82) is 0 Å². The molecule has 0 spiro atoms. The van der Waals surface area contributed by atoms with Crippen LogP contribution < -0.4 is 4.74 Å². The van der Waals surface area contributed by atoms with E-state index in [1.807, 2.05) is 42.5 Å². The minimum atomic E-state index is 0.205. The summed E-state index contributed by atoms with van der Waals surface area (Å²) in [6, 6.07) is 15.8. The van der Waals surface area contributed by atoms with E-state index < -0.39 is 0 Å². The molecule has 0 unspecified atom stereocenters. The van der Waals surface area contributed by atoms with Gasteiger partial charge in [0.1, 0.15) is 5.75 Å².